The molecular formula is C12H10N4O6. The summed E-state index contributed by atoms with van der Waals surface area (Å²) in [6, 6.07) is -1.27. The van der Waals surface area contributed by atoms with Crippen LogP contribution in [0, 0.1) is 5.41 Å². The molecule has 4 heterocycles. The Morgan fingerprint density at radius 3 is 2.05 bits per heavy atom. The van der Waals surface area contributed by atoms with E-state index >= 15 is 0 Å². The topological polar surface area (TPSA) is 118 Å². The molecule has 0 saturated carbocycles. The molecule has 0 radical (unpaired) electrons. The van der Waals surface area contributed by atoms with Gasteiger partial charge in [0.15, 0.2) is 5.90 Å². The summed E-state index contributed by atoms with van der Waals surface area (Å²) >= 11 is 0. The van der Waals surface area contributed by atoms with Gasteiger partial charge in [0.2, 0.25) is 5.90 Å². The van der Waals surface area contributed by atoms with Gasteiger partial charge in [-0.2, -0.15) is 0 Å². The molecule has 1 unspecified atom stereocenters. The number of β-lactam (4-membered cyclic amide) rings is 4. The smallest absolute Gasteiger partial charge is 0.402 e. The van der Waals surface area contributed by atoms with Crippen LogP contribution >= 0.6 is 0 Å². The Morgan fingerprint density at radius 2 is 1.55 bits per heavy atom. The number of aliphatic imine (C=N–C) groups is 2. The van der Waals surface area contributed by atoms with Crippen LogP contribution in [-0.4, -0.2) is 64.9 Å². The van der Waals surface area contributed by atoms with Crippen LogP contribution in [0.5, 0.6) is 0 Å². The highest BCUT2D eigenvalue weighted by molar-refractivity contribution is 6.52. The Hall–Kier alpha value is -2.78. The number of nitrogens with zero attached hydrogens (tertiary/aromatic N) is 4. The fraction of sp³-hybridized carbons (Fsp3) is 0.500. The van der Waals surface area contributed by atoms with Crippen molar-refractivity contribution in [1.29, 1.82) is 0 Å². The standard InChI is InChI=1S/C12H10N4O6/c1-5-13-12(21-5)14-6(22-12)3-4-16-9(19)11(10(16)20)7(17)15(2)8(11)18/h3-4H2,1-2H3. The maximum absolute atomic E-state index is 12.0. The van der Waals surface area contributed by atoms with Crippen molar-refractivity contribution in [3.8, 4) is 0 Å². The molecule has 114 valence electrons. The van der Waals surface area contributed by atoms with Gasteiger partial charge in [-0.3, -0.25) is 29.0 Å². The van der Waals surface area contributed by atoms with Crippen molar-refractivity contribution < 1.29 is 28.7 Å². The molecule has 10 nitrogen and oxygen atoms in total. The molecule has 0 aromatic rings. The van der Waals surface area contributed by atoms with Crippen LogP contribution in [0.15, 0.2) is 9.98 Å². The number of imide groups is 2. The fourth-order valence-corrected chi connectivity index (χ4v) is 2.86. The SMILES string of the molecule is CC1=NC2(N=C(CCN3C(=O)C4(C(=O)N(C)C4=O)C3=O)O2)O1. The summed E-state index contributed by atoms with van der Waals surface area (Å²) in [6.45, 7) is 1.64. The van der Waals surface area contributed by atoms with Crippen molar-refractivity contribution in [1.82, 2.24) is 9.80 Å². The molecule has 1 atom stereocenters. The van der Waals surface area contributed by atoms with Crippen molar-refractivity contribution in [3.05, 3.63) is 0 Å². The summed E-state index contributed by atoms with van der Waals surface area (Å²) < 4.78 is 10.3. The highest BCUT2D eigenvalue weighted by Crippen LogP contribution is 2.44. The van der Waals surface area contributed by atoms with E-state index in [0.717, 1.165) is 9.80 Å². The van der Waals surface area contributed by atoms with Gasteiger partial charge >= 0.3 is 6.03 Å². The number of rotatable bonds is 3. The van der Waals surface area contributed by atoms with E-state index in [4.69, 9.17) is 9.47 Å². The molecule has 2 spiro atoms. The van der Waals surface area contributed by atoms with E-state index in [1.165, 1.54) is 7.05 Å². The first-order valence-electron chi connectivity index (χ1n) is 6.54. The van der Waals surface area contributed by atoms with E-state index < -0.39 is 35.1 Å². The zero-order valence-electron chi connectivity index (χ0n) is 11.7. The Balaban J connectivity index is 1.39. The van der Waals surface area contributed by atoms with Crippen LogP contribution in [0.25, 0.3) is 0 Å². The molecule has 0 aliphatic carbocycles. The third-order valence-corrected chi connectivity index (χ3v) is 4.03. The number of hydrogen-bond acceptors (Lipinski definition) is 8. The molecule has 0 bridgehead atoms. The van der Waals surface area contributed by atoms with Crippen LogP contribution in [-0.2, 0) is 28.7 Å². The van der Waals surface area contributed by atoms with E-state index in [9.17, 15) is 19.2 Å². The third kappa shape index (κ3) is 1.17. The van der Waals surface area contributed by atoms with Gasteiger partial charge in [-0.1, -0.05) is 0 Å². The summed E-state index contributed by atoms with van der Waals surface area (Å²) in [4.78, 5) is 56.9. The summed E-state index contributed by atoms with van der Waals surface area (Å²) in [5, 5.41) is 0. The minimum Gasteiger partial charge on any atom is -0.402 e. The van der Waals surface area contributed by atoms with E-state index in [2.05, 4.69) is 9.98 Å². The average molecular weight is 306 g/mol. The van der Waals surface area contributed by atoms with Crippen LogP contribution in [0.1, 0.15) is 13.3 Å². The molecular weight excluding hydrogens is 296 g/mol. The number of ether oxygens (including phenoxy) is 2. The number of hydrogen-bond donors (Lipinski definition) is 0. The summed E-state index contributed by atoms with van der Waals surface area (Å²) in [7, 11) is 1.23. The highest BCUT2D eigenvalue weighted by atomic mass is 16.8. The Bertz CT molecular complexity index is 706. The van der Waals surface area contributed by atoms with Gasteiger partial charge in [0.05, 0.1) is 0 Å². The van der Waals surface area contributed by atoms with Gasteiger partial charge in [-0.15, -0.1) is 9.98 Å². The number of carbonyl (C=O) groups is 4. The Morgan fingerprint density at radius 1 is 1.00 bits per heavy atom. The van der Waals surface area contributed by atoms with Crippen molar-refractivity contribution in [2.45, 2.75) is 19.4 Å². The average Bonchev–Trinajstić information content (AvgIpc) is 2.43. The zero-order chi connectivity index (χ0) is 15.9. The zero-order valence-corrected chi connectivity index (χ0v) is 11.7. The van der Waals surface area contributed by atoms with Gasteiger partial charge in [0.25, 0.3) is 29.0 Å². The second-order valence-corrected chi connectivity index (χ2v) is 5.32. The summed E-state index contributed by atoms with van der Waals surface area (Å²) in [6.07, 6.45) is 0.172. The molecule has 22 heavy (non-hydrogen) atoms. The maximum atomic E-state index is 12.0. The van der Waals surface area contributed by atoms with Crippen molar-refractivity contribution >= 4 is 35.4 Å². The second kappa shape index (κ2) is 3.51. The molecule has 10 heteroatoms. The van der Waals surface area contributed by atoms with Crippen LogP contribution in [0.3, 0.4) is 0 Å². The first-order valence-corrected chi connectivity index (χ1v) is 6.54. The van der Waals surface area contributed by atoms with Gasteiger partial charge in [-0.25, -0.2) is 0 Å². The lowest BCUT2D eigenvalue weighted by Crippen LogP contribution is -2.83. The number of likely N-dealkylation sites (tertiary alicyclic amines) is 2. The van der Waals surface area contributed by atoms with Crippen molar-refractivity contribution in [2.24, 2.45) is 15.4 Å². The van der Waals surface area contributed by atoms with Crippen molar-refractivity contribution in [2.75, 3.05) is 13.6 Å². The lowest BCUT2D eigenvalue weighted by molar-refractivity contribution is -0.198. The molecule has 4 amide bonds. The molecule has 2 fully saturated rings. The fourth-order valence-electron chi connectivity index (χ4n) is 2.86. The van der Waals surface area contributed by atoms with Gasteiger partial charge in [0.1, 0.15) is 0 Å². The number of carbonyl (C=O) groups excluding carboxylic acids is 4. The lowest BCUT2D eigenvalue weighted by Gasteiger charge is -2.51. The lowest BCUT2D eigenvalue weighted by atomic mass is 9.69. The normalized spacial score (nSPS) is 30.8. The van der Waals surface area contributed by atoms with E-state index in [1.54, 1.807) is 6.92 Å². The molecule has 0 N–H and O–H groups in total. The van der Waals surface area contributed by atoms with Crippen LogP contribution in [0.4, 0.5) is 0 Å². The van der Waals surface area contributed by atoms with Crippen molar-refractivity contribution in [3.63, 3.8) is 0 Å². The first kappa shape index (κ1) is 12.9. The minimum atomic E-state index is -2.11. The van der Waals surface area contributed by atoms with E-state index in [-0.39, 0.29) is 13.0 Å². The van der Waals surface area contributed by atoms with Gasteiger partial charge in [0, 0.05) is 26.9 Å². The molecule has 0 aromatic heterocycles. The minimum absolute atomic E-state index is 0.0126. The highest BCUT2D eigenvalue weighted by Gasteiger charge is 2.79. The van der Waals surface area contributed by atoms with Crippen LogP contribution < -0.4 is 0 Å². The molecule has 2 saturated heterocycles. The number of amides is 4. The maximum Gasteiger partial charge on any atom is 0.478 e. The van der Waals surface area contributed by atoms with E-state index in [0.29, 0.717) is 11.8 Å². The van der Waals surface area contributed by atoms with Gasteiger partial charge < -0.3 is 9.47 Å². The molecule has 4 aliphatic heterocycles. The van der Waals surface area contributed by atoms with E-state index in [1.807, 2.05) is 0 Å². The van der Waals surface area contributed by atoms with Gasteiger partial charge in [-0.05, 0) is 0 Å². The predicted molar refractivity (Wildman–Crippen MR) is 67.0 cm³/mol. The second-order valence-electron chi connectivity index (χ2n) is 5.32. The third-order valence-electron chi connectivity index (χ3n) is 4.03. The largest absolute Gasteiger partial charge is 0.478 e. The Labute approximate surface area is 123 Å². The Kier molecular flexibility index (Phi) is 2.06. The summed E-state index contributed by atoms with van der Waals surface area (Å²) in [5.41, 5.74) is -2.11. The first-order chi connectivity index (χ1) is 10.3. The molecule has 0 aromatic carbocycles. The monoisotopic (exact) mass is 306 g/mol. The summed E-state index contributed by atoms with van der Waals surface area (Å²) in [5.74, 6) is -2.35. The molecule has 4 aliphatic rings. The van der Waals surface area contributed by atoms with Crippen LogP contribution in [0.2, 0.25) is 0 Å². The quantitative estimate of drug-likeness (QED) is 0.449. The molecule has 4 rings (SSSR count). The predicted octanol–water partition coefficient (Wildman–Crippen LogP) is -1.78.